The van der Waals surface area contributed by atoms with Gasteiger partial charge in [0.05, 0.1) is 5.92 Å². The van der Waals surface area contributed by atoms with Crippen LogP contribution in [-0.2, 0) is 24.2 Å². The van der Waals surface area contributed by atoms with Gasteiger partial charge < -0.3 is 14.7 Å². The number of hydrogen-bond donors (Lipinski definition) is 0. The van der Waals surface area contributed by atoms with Gasteiger partial charge in [-0.05, 0) is 25.1 Å². The average Bonchev–Trinajstić information content (AvgIpc) is 2.75. The molecular formula is C15H19N2O7S-. The van der Waals surface area contributed by atoms with Gasteiger partial charge in [-0.25, -0.2) is 18.0 Å². The summed E-state index contributed by atoms with van der Waals surface area (Å²) in [6.45, 7) is 0. The molecule has 10 heteroatoms. The number of rotatable bonds is 1. The molecule has 2 atom stereocenters. The van der Waals surface area contributed by atoms with Gasteiger partial charge >= 0.3 is 12.0 Å². The lowest BCUT2D eigenvalue weighted by Crippen LogP contribution is -2.63. The monoisotopic (exact) mass is 371 g/mol. The largest absolute Gasteiger partial charge is 0.835 e. The molecule has 3 fully saturated rings. The Kier molecular flexibility index (Phi) is 4.15. The van der Waals surface area contributed by atoms with Crippen LogP contribution in [0.5, 0.6) is 0 Å². The van der Waals surface area contributed by atoms with Gasteiger partial charge in [0.25, 0.3) is 0 Å². The Morgan fingerprint density at radius 3 is 2.36 bits per heavy atom. The molecule has 1 saturated carbocycles. The summed E-state index contributed by atoms with van der Waals surface area (Å²) < 4.78 is 30.9. The number of nitrogens with zero attached hydrogens (tertiary/aromatic N) is 2. The third-order valence-electron chi connectivity index (χ3n) is 5.10. The first-order valence-electron chi connectivity index (χ1n) is 8.02. The van der Waals surface area contributed by atoms with Gasteiger partial charge in [0.15, 0.2) is 4.91 Å². The van der Waals surface area contributed by atoms with Crippen molar-refractivity contribution in [1.82, 2.24) is 9.80 Å². The van der Waals surface area contributed by atoms with Crippen molar-refractivity contribution in [3.8, 4) is 0 Å². The van der Waals surface area contributed by atoms with Gasteiger partial charge in [0.2, 0.25) is 20.7 Å². The van der Waals surface area contributed by atoms with Crippen LogP contribution in [-0.4, -0.2) is 61.4 Å². The van der Waals surface area contributed by atoms with Crippen LogP contribution in [0.3, 0.4) is 0 Å². The number of hydrogen-bond acceptors (Lipinski definition) is 7. The molecule has 0 bridgehead atoms. The predicted octanol–water partition coefficient (Wildman–Crippen LogP) is -0.671. The molecule has 25 heavy (non-hydrogen) atoms. The maximum Gasteiger partial charge on any atom is 0.351 e. The Balaban J connectivity index is 2.01. The molecule has 2 unspecified atom stereocenters. The van der Waals surface area contributed by atoms with E-state index in [4.69, 9.17) is 4.74 Å². The van der Waals surface area contributed by atoms with Crippen LogP contribution >= 0.6 is 0 Å². The summed E-state index contributed by atoms with van der Waals surface area (Å²) in [5.74, 6) is -3.35. The van der Waals surface area contributed by atoms with Gasteiger partial charge in [-0.3, -0.25) is 9.69 Å². The van der Waals surface area contributed by atoms with Crippen LogP contribution < -0.4 is 5.11 Å². The second kappa shape index (κ2) is 5.80. The fourth-order valence-electron chi connectivity index (χ4n) is 3.55. The molecule has 2 saturated heterocycles. The quantitative estimate of drug-likeness (QED) is 0.442. The van der Waals surface area contributed by atoms with Crippen LogP contribution in [0.1, 0.15) is 32.1 Å². The molecule has 3 aliphatic rings. The van der Waals surface area contributed by atoms with Crippen LogP contribution in [0.4, 0.5) is 4.79 Å². The van der Waals surface area contributed by atoms with Crippen LogP contribution in [0, 0.1) is 5.92 Å². The van der Waals surface area contributed by atoms with Gasteiger partial charge in [-0.2, -0.15) is 0 Å². The van der Waals surface area contributed by atoms with E-state index in [1.807, 2.05) is 0 Å². The first-order chi connectivity index (χ1) is 11.6. The van der Waals surface area contributed by atoms with Crippen LogP contribution in [0.2, 0.25) is 0 Å². The number of imide groups is 1. The molecule has 3 amide bonds. The van der Waals surface area contributed by atoms with E-state index in [-0.39, 0.29) is 12.8 Å². The summed E-state index contributed by atoms with van der Waals surface area (Å²) in [5, 5.41) is 12.3. The maximum atomic E-state index is 12.9. The maximum absolute atomic E-state index is 12.9. The molecule has 0 aromatic rings. The minimum absolute atomic E-state index is 0.204. The van der Waals surface area contributed by atoms with E-state index in [0.29, 0.717) is 12.8 Å². The summed E-state index contributed by atoms with van der Waals surface area (Å²) in [6, 6.07) is -0.778. The van der Waals surface area contributed by atoms with E-state index in [9.17, 15) is 27.9 Å². The summed E-state index contributed by atoms with van der Waals surface area (Å²) in [5.41, 5.74) is 0. The zero-order valence-electron chi connectivity index (χ0n) is 13.9. The number of esters is 1. The minimum Gasteiger partial charge on any atom is -0.835 e. The van der Waals surface area contributed by atoms with Crippen molar-refractivity contribution in [2.75, 3.05) is 14.1 Å². The second-order valence-electron chi connectivity index (χ2n) is 6.60. The minimum atomic E-state index is -4.12. The highest BCUT2D eigenvalue weighted by atomic mass is 32.2. The zero-order chi connectivity index (χ0) is 18.6. The van der Waals surface area contributed by atoms with E-state index in [1.165, 1.54) is 14.1 Å². The zero-order valence-corrected chi connectivity index (χ0v) is 14.7. The lowest BCUT2D eigenvalue weighted by Gasteiger charge is -2.44. The SMILES string of the molecule is CN1C(=O)C(/C=C2\C(=O)OC3(CCCCC3)S2(=O)=O)C([O-])N(C)C1=O. The molecule has 1 spiro atoms. The normalized spacial score (nSPS) is 33.2. The molecule has 3 rings (SSSR count). The Bertz CT molecular complexity index is 767. The topological polar surface area (TPSA) is 124 Å². The Morgan fingerprint density at radius 2 is 1.76 bits per heavy atom. The van der Waals surface area contributed by atoms with E-state index in [1.54, 1.807) is 0 Å². The number of carbonyl (C=O) groups is 3. The van der Waals surface area contributed by atoms with Gasteiger partial charge in [0, 0.05) is 26.9 Å². The lowest BCUT2D eigenvalue weighted by atomic mass is 9.97. The number of ether oxygens (including phenoxy) is 1. The van der Waals surface area contributed by atoms with Gasteiger partial charge in [-0.15, -0.1) is 0 Å². The highest BCUT2D eigenvalue weighted by molar-refractivity contribution is 7.97. The smallest absolute Gasteiger partial charge is 0.351 e. The number of carbonyl (C=O) groups excluding carboxylic acids is 3. The lowest BCUT2D eigenvalue weighted by molar-refractivity contribution is -0.458. The van der Waals surface area contributed by atoms with Crippen molar-refractivity contribution in [2.24, 2.45) is 5.92 Å². The fourth-order valence-corrected chi connectivity index (χ4v) is 5.55. The predicted molar refractivity (Wildman–Crippen MR) is 82.1 cm³/mol. The summed E-state index contributed by atoms with van der Waals surface area (Å²) in [6.07, 6.45) is 1.55. The van der Waals surface area contributed by atoms with Crippen molar-refractivity contribution in [2.45, 2.75) is 43.3 Å². The van der Waals surface area contributed by atoms with E-state index in [2.05, 4.69) is 0 Å². The number of urea groups is 1. The average molecular weight is 371 g/mol. The molecule has 2 heterocycles. The molecule has 1 aliphatic carbocycles. The van der Waals surface area contributed by atoms with E-state index < -0.39 is 49.7 Å². The van der Waals surface area contributed by atoms with Crippen molar-refractivity contribution in [1.29, 1.82) is 0 Å². The highest BCUT2D eigenvalue weighted by Crippen LogP contribution is 2.45. The van der Waals surface area contributed by atoms with Crippen molar-refractivity contribution in [3.05, 3.63) is 11.0 Å². The standard InChI is InChI=1S/C15H19N2O7S/c1-16-11(18)9(12(19)17(2)14(16)21)8-10-13(20)24-15(25(10,22)23)6-4-3-5-7-15/h8-9,11H,3-7H2,1-2H3/q-1/b10-8+. The summed E-state index contributed by atoms with van der Waals surface area (Å²) in [4.78, 5) is 35.5. The third-order valence-corrected chi connectivity index (χ3v) is 7.45. The highest BCUT2D eigenvalue weighted by Gasteiger charge is 2.58. The Labute approximate surface area is 145 Å². The first kappa shape index (κ1) is 17.9. The molecule has 0 aromatic heterocycles. The number of amides is 3. The first-order valence-corrected chi connectivity index (χ1v) is 9.51. The molecule has 2 aliphatic heterocycles. The van der Waals surface area contributed by atoms with Gasteiger partial charge in [-0.1, -0.05) is 6.42 Å². The molecule has 0 N–H and O–H groups in total. The Morgan fingerprint density at radius 1 is 1.16 bits per heavy atom. The summed E-state index contributed by atoms with van der Waals surface area (Å²) in [7, 11) is -1.70. The van der Waals surface area contributed by atoms with Gasteiger partial charge in [0.1, 0.15) is 0 Å². The molecule has 0 aromatic carbocycles. The molecule has 0 radical (unpaired) electrons. The van der Waals surface area contributed by atoms with Crippen molar-refractivity contribution < 1.29 is 32.6 Å². The molecule has 138 valence electrons. The van der Waals surface area contributed by atoms with Crippen LogP contribution in [0.15, 0.2) is 11.0 Å². The number of sulfone groups is 1. The second-order valence-corrected chi connectivity index (χ2v) is 8.79. The van der Waals surface area contributed by atoms with E-state index >= 15 is 0 Å². The summed E-state index contributed by atoms with van der Waals surface area (Å²) >= 11 is 0. The Hall–Kier alpha value is -1.94. The van der Waals surface area contributed by atoms with Crippen molar-refractivity contribution in [3.63, 3.8) is 0 Å². The van der Waals surface area contributed by atoms with Crippen LogP contribution in [0.25, 0.3) is 0 Å². The van der Waals surface area contributed by atoms with E-state index in [0.717, 1.165) is 22.3 Å². The van der Waals surface area contributed by atoms with Crippen molar-refractivity contribution >= 4 is 27.7 Å². The third kappa shape index (κ3) is 2.46. The molecule has 9 nitrogen and oxygen atoms in total. The molecular weight excluding hydrogens is 352 g/mol. The fraction of sp³-hybridized carbons (Fsp3) is 0.667.